The van der Waals surface area contributed by atoms with Gasteiger partial charge in [0.15, 0.2) is 0 Å². The number of halogens is 2. The molecule has 1 heterocycles. The number of nitrogen functional groups attached to an aromatic ring is 1. The molecule has 0 radical (unpaired) electrons. The first-order valence-corrected chi connectivity index (χ1v) is 9.73. The highest BCUT2D eigenvalue weighted by Gasteiger charge is 2.04. The maximum Gasteiger partial charge on any atom is 0.205 e. The minimum atomic E-state index is 0.471. The van der Waals surface area contributed by atoms with Crippen LogP contribution in [-0.4, -0.2) is 11.2 Å². The Morgan fingerprint density at radius 3 is 2.80 bits per heavy atom. The maximum absolute atomic E-state index is 5.95. The van der Waals surface area contributed by atoms with E-state index in [4.69, 9.17) is 10.5 Å². The van der Waals surface area contributed by atoms with E-state index >= 15 is 0 Å². The molecule has 3 rings (SSSR count). The molecule has 128 valence electrons. The lowest BCUT2D eigenvalue weighted by Crippen LogP contribution is -1.99. The molecule has 0 amide bonds. The van der Waals surface area contributed by atoms with Gasteiger partial charge >= 0.3 is 0 Å². The molecule has 5 nitrogen and oxygen atoms in total. The van der Waals surface area contributed by atoms with Gasteiger partial charge in [-0.25, -0.2) is 4.98 Å². The summed E-state index contributed by atoms with van der Waals surface area (Å²) in [5.41, 5.74) is 10.4. The van der Waals surface area contributed by atoms with Gasteiger partial charge in [0, 0.05) is 19.9 Å². The van der Waals surface area contributed by atoms with E-state index in [1.54, 1.807) is 11.6 Å². The highest BCUT2D eigenvalue weighted by Crippen LogP contribution is 2.24. The Bertz CT molecular complexity index is 898. The topological polar surface area (TPSA) is 72.5 Å². The average molecular weight is 482 g/mol. The number of ether oxygens (including phenoxy) is 1. The van der Waals surface area contributed by atoms with Crippen molar-refractivity contribution in [3.05, 3.63) is 67.9 Å². The minimum absolute atomic E-state index is 0.471. The van der Waals surface area contributed by atoms with Crippen LogP contribution in [0.2, 0.25) is 0 Å². The fourth-order valence-electron chi connectivity index (χ4n) is 2.03. The number of hydrogen-bond acceptors (Lipinski definition) is 6. The van der Waals surface area contributed by atoms with Crippen molar-refractivity contribution in [2.45, 2.75) is 6.61 Å². The van der Waals surface area contributed by atoms with Crippen LogP contribution >= 0.6 is 43.2 Å². The van der Waals surface area contributed by atoms with E-state index in [1.807, 2.05) is 42.5 Å². The number of nitrogens with two attached hydrogens (primary N) is 1. The molecule has 3 N–H and O–H groups in total. The third-order valence-corrected chi connectivity index (χ3v) is 4.89. The van der Waals surface area contributed by atoms with Gasteiger partial charge in [-0.3, -0.25) is 5.43 Å². The zero-order valence-corrected chi connectivity index (χ0v) is 16.9. The van der Waals surface area contributed by atoms with Gasteiger partial charge in [-0.1, -0.05) is 44.0 Å². The Morgan fingerprint density at radius 1 is 1.20 bits per heavy atom. The first-order valence-electron chi connectivity index (χ1n) is 7.27. The zero-order chi connectivity index (χ0) is 17.6. The van der Waals surface area contributed by atoms with Crippen LogP contribution in [0.1, 0.15) is 11.1 Å². The summed E-state index contributed by atoms with van der Waals surface area (Å²) < 4.78 is 7.92. The lowest BCUT2D eigenvalue weighted by Gasteiger charge is -2.10. The van der Waals surface area contributed by atoms with Crippen LogP contribution in [0.4, 0.5) is 10.9 Å². The van der Waals surface area contributed by atoms with Crippen molar-refractivity contribution in [1.29, 1.82) is 0 Å². The third kappa shape index (κ3) is 5.29. The minimum Gasteiger partial charge on any atom is -0.488 e. The molecule has 2 aromatic carbocycles. The second kappa shape index (κ2) is 8.46. The van der Waals surface area contributed by atoms with Crippen molar-refractivity contribution in [2.24, 2.45) is 5.10 Å². The second-order valence-corrected chi connectivity index (χ2v) is 7.74. The highest BCUT2D eigenvalue weighted by molar-refractivity contribution is 9.10. The predicted octanol–water partition coefficient (Wildman–Crippen LogP) is 5.28. The summed E-state index contributed by atoms with van der Waals surface area (Å²) in [6.07, 6.45) is 1.69. The summed E-state index contributed by atoms with van der Waals surface area (Å²) in [6, 6.07) is 13.8. The van der Waals surface area contributed by atoms with Gasteiger partial charge in [-0.15, -0.1) is 11.3 Å². The van der Waals surface area contributed by atoms with Crippen molar-refractivity contribution in [3.8, 4) is 5.75 Å². The summed E-state index contributed by atoms with van der Waals surface area (Å²) in [7, 11) is 0. The van der Waals surface area contributed by atoms with Crippen LogP contribution < -0.4 is 15.9 Å². The Morgan fingerprint density at radius 2 is 2.04 bits per heavy atom. The van der Waals surface area contributed by atoms with Gasteiger partial charge in [-0.2, -0.15) is 5.10 Å². The monoisotopic (exact) mass is 480 g/mol. The fourth-order valence-corrected chi connectivity index (χ4v) is 3.41. The van der Waals surface area contributed by atoms with E-state index in [0.29, 0.717) is 17.6 Å². The molecule has 0 saturated heterocycles. The summed E-state index contributed by atoms with van der Waals surface area (Å²) in [5.74, 6) is 1.22. The van der Waals surface area contributed by atoms with Gasteiger partial charge in [0.25, 0.3) is 0 Å². The lowest BCUT2D eigenvalue weighted by molar-refractivity contribution is 0.305. The van der Waals surface area contributed by atoms with Gasteiger partial charge in [-0.05, 0) is 35.9 Å². The first kappa shape index (κ1) is 17.9. The average Bonchev–Trinajstić information content (AvgIpc) is 2.99. The fraction of sp³-hybridized carbons (Fsp3) is 0.0588. The van der Waals surface area contributed by atoms with Crippen molar-refractivity contribution in [1.82, 2.24) is 4.98 Å². The molecule has 3 aromatic rings. The molecule has 1 aromatic heterocycles. The molecule has 0 aliphatic carbocycles. The third-order valence-electron chi connectivity index (χ3n) is 3.14. The maximum atomic E-state index is 5.95. The Labute approximate surface area is 166 Å². The normalized spacial score (nSPS) is 11.0. The standard InChI is InChI=1S/C17H14Br2N4OS/c18-13-3-1-2-11(6-13)9-24-15-5-4-14(19)7-12(15)8-21-23-17-22-16(20)10-25-17/h1-8,10H,9,20H2,(H,22,23). The molecule has 0 aliphatic rings. The number of thiazole rings is 1. The number of rotatable bonds is 6. The summed E-state index contributed by atoms with van der Waals surface area (Å²) in [5, 5.41) is 6.60. The molecule has 25 heavy (non-hydrogen) atoms. The van der Waals surface area contributed by atoms with Crippen molar-refractivity contribution in [2.75, 3.05) is 11.2 Å². The number of hydrogen-bond donors (Lipinski definition) is 2. The number of aromatic nitrogens is 1. The molecule has 8 heteroatoms. The number of nitrogens with one attached hydrogen (secondary N) is 1. The number of benzene rings is 2. The van der Waals surface area contributed by atoms with Crippen LogP contribution in [0.3, 0.4) is 0 Å². The molecule has 0 saturated carbocycles. The van der Waals surface area contributed by atoms with Gasteiger partial charge in [0.2, 0.25) is 5.13 Å². The van der Waals surface area contributed by atoms with Crippen molar-refractivity contribution >= 4 is 60.4 Å². The van der Waals surface area contributed by atoms with Gasteiger partial charge in [0.1, 0.15) is 18.2 Å². The Hall–Kier alpha value is -1.90. The predicted molar refractivity (Wildman–Crippen MR) is 110 cm³/mol. The van der Waals surface area contributed by atoms with E-state index in [1.165, 1.54) is 11.3 Å². The molecule has 0 fully saturated rings. The molecular weight excluding hydrogens is 468 g/mol. The molecular formula is C17H14Br2N4OS. The Balaban J connectivity index is 1.71. The van der Waals surface area contributed by atoms with E-state index in [9.17, 15) is 0 Å². The second-order valence-electron chi connectivity index (χ2n) is 5.05. The zero-order valence-electron chi connectivity index (χ0n) is 12.9. The SMILES string of the molecule is Nc1csc(NN=Cc2cc(Br)ccc2OCc2cccc(Br)c2)n1. The Kier molecular flexibility index (Phi) is 6.06. The molecule has 0 aliphatic heterocycles. The van der Waals surface area contributed by atoms with Crippen molar-refractivity contribution < 1.29 is 4.74 Å². The molecule has 0 spiro atoms. The highest BCUT2D eigenvalue weighted by atomic mass is 79.9. The largest absolute Gasteiger partial charge is 0.488 e. The first-order chi connectivity index (χ1) is 12.1. The summed E-state index contributed by atoms with van der Waals surface area (Å²) in [4.78, 5) is 4.09. The van der Waals surface area contributed by atoms with E-state index in [-0.39, 0.29) is 0 Å². The number of hydrazone groups is 1. The smallest absolute Gasteiger partial charge is 0.205 e. The van der Waals surface area contributed by atoms with E-state index < -0.39 is 0 Å². The number of nitrogens with zero attached hydrogens (tertiary/aromatic N) is 2. The summed E-state index contributed by atoms with van der Waals surface area (Å²) >= 11 is 8.33. The van der Waals surface area contributed by atoms with E-state index in [0.717, 1.165) is 25.8 Å². The molecule has 0 unspecified atom stereocenters. The van der Waals surface area contributed by atoms with Gasteiger partial charge in [0.05, 0.1) is 6.21 Å². The van der Waals surface area contributed by atoms with Crippen molar-refractivity contribution in [3.63, 3.8) is 0 Å². The van der Waals surface area contributed by atoms with Crippen LogP contribution in [0.15, 0.2) is 61.9 Å². The quantitative estimate of drug-likeness (QED) is 0.371. The lowest BCUT2D eigenvalue weighted by atomic mass is 10.2. The van der Waals surface area contributed by atoms with E-state index in [2.05, 4.69) is 47.4 Å². The van der Waals surface area contributed by atoms with Crippen LogP contribution in [0.5, 0.6) is 5.75 Å². The molecule has 0 bridgehead atoms. The van der Waals surface area contributed by atoms with Crippen LogP contribution in [-0.2, 0) is 6.61 Å². The van der Waals surface area contributed by atoms with Crippen LogP contribution in [0.25, 0.3) is 0 Å². The van der Waals surface area contributed by atoms with Gasteiger partial charge < -0.3 is 10.5 Å². The summed E-state index contributed by atoms with van der Waals surface area (Å²) in [6.45, 7) is 0.471. The van der Waals surface area contributed by atoms with Crippen LogP contribution in [0, 0.1) is 0 Å². The molecule has 0 atom stereocenters. The number of anilines is 2.